The summed E-state index contributed by atoms with van der Waals surface area (Å²) >= 11 is 6.05. The van der Waals surface area contributed by atoms with E-state index in [4.69, 9.17) is 11.6 Å². The van der Waals surface area contributed by atoms with Crippen LogP contribution in [0.3, 0.4) is 0 Å². The zero-order valence-electron chi connectivity index (χ0n) is 15.4. The van der Waals surface area contributed by atoms with Crippen LogP contribution in [-0.2, 0) is 19.6 Å². The molecule has 1 heterocycles. The van der Waals surface area contributed by atoms with Gasteiger partial charge in [-0.2, -0.15) is 0 Å². The number of halogens is 1. The standard InChI is InChI=1S/C19H19ClN2O5S/c1-12-5-7-14(11-16(12)22-9-3-4-18(22)23)21-28(25,26)17-10-13(19(24)27-2)6-8-15(17)20/h5-8,10-11,21H,3-4,9H2,1-2H3. The number of rotatable bonds is 5. The van der Waals surface area contributed by atoms with Crippen LogP contribution < -0.4 is 9.62 Å². The molecule has 1 N–H and O–H groups in total. The van der Waals surface area contributed by atoms with Crippen molar-refractivity contribution >= 4 is 44.9 Å². The highest BCUT2D eigenvalue weighted by molar-refractivity contribution is 7.92. The highest BCUT2D eigenvalue weighted by atomic mass is 35.5. The van der Waals surface area contributed by atoms with Gasteiger partial charge in [0.1, 0.15) is 4.90 Å². The van der Waals surface area contributed by atoms with Crippen LogP contribution in [0.15, 0.2) is 41.3 Å². The van der Waals surface area contributed by atoms with Crippen LogP contribution in [0.1, 0.15) is 28.8 Å². The van der Waals surface area contributed by atoms with Crippen molar-refractivity contribution in [1.29, 1.82) is 0 Å². The summed E-state index contributed by atoms with van der Waals surface area (Å²) in [4.78, 5) is 25.2. The molecule has 1 amide bonds. The molecule has 1 fully saturated rings. The Labute approximate surface area is 168 Å². The number of amides is 1. The molecule has 1 aliphatic heterocycles. The molecule has 1 saturated heterocycles. The Kier molecular flexibility index (Phi) is 5.62. The normalized spacial score (nSPS) is 14.2. The zero-order chi connectivity index (χ0) is 20.5. The molecule has 28 heavy (non-hydrogen) atoms. The average Bonchev–Trinajstić information content (AvgIpc) is 3.08. The first-order valence-corrected chi connectivity index (χ1v) is 10.4. The van der Waals surface area contributed by atoms with Crippen molar-refractivity contribution in [3.05, 3.63) is 52.5 Å². The largest absolute Gasteiger partial charge is 0.465 e. The predicted molar refractivity (Wildman–Crippen MR) is 106 cm³/mol. The Morgan fingerprint density at radius 3 is 2.61 bits per heavy atom. The number of aryl methyl sites for hydroxylation is 1. The molecule has 0 radical (unpaired) electrons. The molecule has 2 aromatic carbocycles. The minimum absolute atomic E-state index is 0.0110. The molecule has 1 aliphatic rings. The Hall–Kier alpha value is -2.58. The van der Waals surface area contributed by atoms with Gasteiger partial charge in [0.15, 0.2) is 0 Å². The van der Waals surface area contributed by atoms with Crippen LogP contribution in [0.4, 0.5) is 11.4 Å². The Balaban J connectivity index is 1.95. The first kappa shape index (κ1) is 20.2. The third-order valence-corrected chi connectivity index (χ3v) is 6.33. The lowest BCUT2D eigenvalue weighted by atomic mass is 10.1. The van der Waals surface area contributed by atoms with Gasteiger partial charge in [0.2, 0.25) is 5.91 Å². The van der Waals surface area contributed by atoms with Gasteiger partial charge in [0.25, 0.3) is 10.0 Å². The first-order valence-electron chi connectivity index (χ1n) is 8.54. The SMILES string of the molecule is COC(=O)c1ccc(Cl)c(S(=O)(=O)Nc2ccc(C)c(N3CCCC3=O)c2)c1. The van der Waals surface area contributed by atoms with Crippen molar-refractivity contribution in [2.24, 2.45) is 0 Å². The smallest absolute Gasteiger partial charge is 0.337 e. The molecule has 3 rings (SSSR count). The second kappa shape index (κ2) is 7.81. The number of anilines is 2. The summed E-state index contributed by atoms with van der Waals surface area (Å²) in [6, 6.07) is 8.84. The van der Waals surface area contributed by atoms with Gasteiger partial charge in [-0.15, -0.1) is 0 Å². The van der Waals surface area contributed by atoms with E-state index in [1.807, 2.05) is 6.92 Å². The maximum atomic E-state index is 12.8. The average molecular weight is 423 g/mol. The summed E-state index contributed by atoms with van der Waals surface area (Å²) in [6.07, 6.45) is 1.25. The molecule has 2 aromatic rings. The van der Waals surface area contributed by atoms with Crippen LogP contribution in [0.2, 0.25) is 5.02 Å². The number of esters is 1. The zero-order valence-corrected chi connectivity index (χ0v) is 16.9. The molecule has 9 heteroatoms. The van der Waals surface area contributed by atoms with E-state index < -0.39 is 16.0 Å². The number of carbonyl (C=O) groups is 2. The van der Waals surface area contributed by atoms with Crippen molar-refractivity contribution < 1.29 is 22.7 Å². The molecule has 148 valence electrons. The van der Waals surface area contributed by atoms with Crippen LogP contribution in [0.5, 0.6) is 0 Å². The fourth-order valence-electron chi connectivity index (χ4n) is 3.03. The summed E-state index contributed by atoms with van der Waals surface area (Å²) < 4.78 is 32.8. The summed E-state index contributed by atoms with van der Waals surface area (Å²) in [5.41, 5.74) is 1.89. The first-order chi connectivity index (χ1) is 13.2. The fraction of sp³-hybridized carbons (Fsp3) is 0.263. The molecule has 0 bridgehead atoms. The van der Waals surface area contributed by atoms with Gasteiger partial charge >= 0.3 is 5.97 Å². The number of hydrogen-bond acceptors (Lipinski definition) is 5. The summed E-state index contributed by atoms with van der Waals surface area (Å²) in [7, 11) is -2.86. The summed E-state index contributed by atoms with van der Waals surface area (Å²) in [6.45, 7) is 2.46. The predicted octanol–water partition coefficient (Wildman–Crippen LogP) is 3.36. The molecule has 7 nitrogen and oxygen atoms in total. The number of carbonyl (C=O) groups excluding carboxylic acids is 2. The van der Waals surface area contributed by atoms with Crippen molar-refractivity contribution in [3.63, 3.8) is 0 Å². The summed E-state index contributed by atoms with van der Waals surface area (Å²) in [5.74, 6) is -0.657. The van der Waals surface area contributed by atoms with Gasteiger partial charge in [-0.25, -0.2) is 13.2 Å². The Bertz CT molecular complexity index is 1050. The van der Waals surface area contributed by atoms with E-state index >= 15 is 0 Å². The van der Waals surface area contributed by atoms with Crippen LogP contribution >= 0.6 is 11.6 Å². The van der Waals surface area contributed by atoms with Crippen LogP contribution in [0, 0.1) is 6.92 Å². The highest BCUT2D eigenvalue weighted by Gasteiger charge is 2.25. The van der Waals surface area contributed by atoms with Crippen molar-refractivity contribution in [2.75, 3.05) is 23.3 Å². The van der Waals surface area contributed by atoms with Gasteiger partial charge in [-0.3, -0.25) is 9.52 Å². The van der Waals surface area contributed by atoms with Gasteiger partial charge in [0, 0.05) is 18.7 Å². The number of sulfonamides is 1. The van der Waals surface area contributed by atoms with E-state index in [1.165, 1.54) is 19.2 Å². The number of nitrogens with zero attached hydrogens (tertiary/aromatic N) is 1. The monoisotopic (exact) mass is 422 g/mol. The quantitative estimate of drug-likeness (QED) is 0.746. The third-order valence-electron chi connectivity index (χ3n) is 4.47. The molecular weight excluding hydrogens is 404 g/mol. The molecule has 0 aliphatic carbocycles. The second-order valence-electron chi connectivity index (χ2n) is 6.39. The number of methoxy groups -OCH3 is 1. The van der Waals surface area contributed by atoms with E-state index in [0.717, 1.165) is 18.1 Å². The van der Waals surface area contributed by atoms with Crippen molar-refractivity contribution in [2.45, 2.75) is 24.7 Å². The maximum Gasteiger partial charge on any atom is 0.337 e. The second-order valence-corrected chi connectivity index (χ2v) is 8.45. The van der Waals surface area contributed by atoms with Crippen molar-refractivity contribution in [3.8, 4) is 0 Å². The minimum atomic E-state index is -4.07. The van der Waals surface area contributed by atoms with E-state index in [0.29, 0.717) is 24.3 Å². The third kappa shape index (κ3) is 3.98. The van der Waals surface area contributed by atoms with E-state index in [2.05, 4.69) is 9.46 Å². The molecule has 0 unspecified atom stereocenters. The molecule has 0 spiro atoms. The number of nitrogens with one attached hydrogen (secondary N) is 1. The van der Waals surface area contributed by atoms with Crippen molar-refractivity contribution in [1.82, 2.24) is 0 Å². The lowest BCUT2D eigenvalue weighted by molar-refractivity contribution is -0.117. The summed E-state index contributed by atoms with van der Waals surface area (Å²) in [5, 5.41) is -0.0257. The van der Waals surface area contributed by atoms with Gasteiger partial charge in [-0.1, -0.05) is 17.7 Å². The van der Waals surface area contributed by atoms with E-state index in [9.17, 15) is 18.0 Å². The molecule has 0 aromatic heterocycles. The number of benzene rings is 2. The van der Waals surface area contributed by atoms with E-state index in [-0.39, 0.29) is 21.4 Å². The molecule has 0 saturated carbocycles. The molecule has 0 atom stereocenters. The maximum absolute atomic E-state index is 12.8. The lowest BCUT2D eigenvalue weighted by Crippen LogP contribution is -2.24. The topological polar surface area (TPSA) is 92.8 Å². The highest BCUT2D eigenvalue weighted by Crippen LogP contribution is 2.30. The van der Waals surface area contributed by atoms with Gasteiger partial charge < -0.3 is 9.64 Å². The number of hydrogen-bond donors (Lipinski definition) is 1. The number of ether oxygens (including phenoxy) is 1. The van der Waals surface area contributed by atoms with Gasteiger partial charge in [0.05, 0.1) is 23.4 Å². The Morgan fingerprint density at radius 2 is 1.96 bits per heavy atom. The lowest BCUT2D eigenvalue weighted by Gasteiger charge is -2.20. The Morgan fingerprint density at radius 1 is 1.21 bits per heavy atom. The van der Waals surface area contributed by atoms with Crippen LogP contribution in [0.25, 0.3) is 0 Å². The minimum Gasteiger partial charge on any atom is -0.465 e. The fourth-order valence-corrected chi connectivity index (χ4v) is 4.61. The van der Waals surface area contributed by atoms with Gasteiger partial charge in [-0.05, 0) is 49.2 Å². The molecular formula is C19H19ClN2O5S. The van der Waals surface area contributed by atoms with Crippen LogP contribution in [-0.4, -0.2) is 33.9 Å². The van der Waals surface area contributed by atoms with E-state index in [1.54, 1.807) is 23.1 Å².